The van der Waals surface area contributed by atoms with Crippen molar-refractivity contribution in [3.63, 3.8) is 0 Å². The van der Waals surface area contributed by atoms with Crippen LogP contribution in [0.4, 0.5) is 5.82 Å². The molecule has 3 rings (SSSR count). The molecule has 0 spiro atoms. The zero-order valence-electron chi connectivity index (χ0n) is 19.3. The average Bonchev–Trinajstić information content (AvgIpc) is 3.21. The van der Waals surface area contributed by atoms with Gasteiger partial charge in [-0.2, -0.15) is 5.10 Å². The van der Waals surface area contributed by atoms with Crippen LogP contribution in [0.2, 0.25) is 0 Å². The van der Waals surface area contributed by atoms with Gasteiger partial charge in [-0.3, -0.25) is 9.48 Å². The molecule has 2 aromatic carbocycles. The molecule has 0 radical (unpaired) electrons. The maximum absolute atomic E-state index is 12.9. The van der Waals surface area contributed by atoms with E-state index in [9.17, 15) is 4.79 Å². The average molecular weight is 450 g/mol. The Morgan fingerprint density at radius 2 is 1.88 bits per heavy atom. The zero-order chi connectivity index (χ0) is 23.8. The molecule has 1 N–H and O–H groups in total. The fourth-order valence-electron chi connectivity index (χ4n) is 3.08. The molecule has 0 saturated heterocycles. The summed E-state index contributed by atoms with van der Waals surface area (Å²) in [5.41, 5.74) is 1.70. The molecule has 0 aliphatic heterocycles. The lowest BCUT2D eigenvalue weighted by molar-refractivity contribution is 0.0917. The van der Waals surface area contributed by atoms with Crippen molar-refractivity contribution in [2.75, 3.05) is 33.3 Å². The number of carbonyl (C=O) groups excluding carboxylic acids is 1. The highest BCUT2D eigenvalue weighted by atomic mass is 16.5. The molecule has 0 saturated carbocycles. The van der Waals surface area contributed by atoms with Crippen LogP contribution < -0.4 is 19.5 Å². The Morgan fingerprint density at radius 1 is 1.06 bits per heavy atom. The van der Waals surface area contributed by atoms with Crippen LogP contribution in [0.3, 0.4) is 0 Å². The lowest BCUT2D eigenvalue weighted by Gasteiger charge is -2.15. The molecule has 3 aromatic rings. The number of hydrogen-bond donors (Lipinski definition) is 1. The summed E-state index contributed by atoms with van der Waals surface area (Å²) in [6, 6.07) is 12.3. The topological polar surface area (TPSA) is 83.8 Å². The van der Waals surface area contributed by atoms with Gasteiger partial charge in [-0.1, -0.05) is 11.8 Å². The monoisotopic (exact) mass is 449 g/mol. The number of rotatable bonds is 8. The minimum Gasteiger partial charge on any atom is -0.497 e. The third-order valence-corrected chi connectivity index (χ3v) is 4.61. The minimum atomic E-state index is -0.316. The lowest BCUT2D eigenvalue weighted by Crippen LogP contribution is -2.19. The molecule has 8 heteroatoms. The summed E-state index contributed by atoms with van der Waals surface area (Å²) in [6.45, 7) is 2.30. The summed E-state index contributed by atoms with van der Waals surface area (Å²) in [7, 11) is 6.55. The van der Waals surface area contributed by atoms with E-state index in [0.29, 0.717) is 46.4 Å². The summed E-state index contributed by atoms with van der Waals surface area (Å²) in [4.78, 5) is 12.9. The van der Waals surface area contributed by atoms with E-state index in [-0.39, 0.29) is 12.0 Å². The van der Waals surface area contributed by atoms with E-state index < -0.39 is 0 Å². The molecule has 172 valence electrons. The van der Waals surface area contributed by atoms with Gasteiger partial charge in [0.25, 0.3) is 5.91 Å². The minimum absolute atomic E-state index is 0.202. The largest absolute Gasteiger partial charge is 0.497 e. The number of nitrogens with one attached hydrogen (secondary N) is 1. The van der Waals surface area contributed by atoms with E-state index in [1.54, 1.807) is 69.6 Å². The van der Waals surface area contributed by atoms with Gasteiger partial charge in [0.05, 0.1) is 26.4 Å². The normalized spacial score (nSPS) is 11.2. The number of ether oxygens (including phenoxy) is 4. The van der Waals surface area contributed by atoms with Crippen molar-refractivity contribution in [3.8, 4) is 29.1 Å². The highest BCUT2D eigenvalue weighted by Gasteiger charge is 2.13. The number of aromatic nitrogens is 2. The molecule has 1 atom stereocenters. The zero-order valence-corrected chi connectivity index (χ0v) is 19.3. The van der Waals surface area contributed by atoms with Crippen molar-refractivity contribution in [2.45, 2.75) is 13.0 Å². The van der Waals surface area contributed by atoms with Gasteiger partial charge in [0, 0.05) is 43.6 Å². The van der Waals surface area contributed by atoms with E-state index in [0.717, 1.165) is 0 Å². The molecule has 8 nitrogen and oxygen atoms in total. The number of anilines is 1. The second kappa shape index (κ2) is 11.1. The van der Waals surface area contributed by atoms with Crippen LogP contribution in [-0.4, -0.2) is 49.7 Å². The van der Waals surface area contributed by atoms with Gasteiger partial charge >= 0.3 is 0 Å². The van der Waals surface area contributed by atoms with Gasteiger partial charge < -0.3 is 24.3 Å². The van der Waals surface area contributed by atoms with Gasteiger partial charge in [-0.25, -0.2) is 0 Å². The lowest BCUT2D eigenvalue weighted by atomic mass is 10.1. The summed E-state index contributed by atoms with van der Waals surface area (Å²) in [5, 5.41) is 6.97. The third-order valence-electron chi connectivity index (χ3n) is 4.61. The Bertz CT molecular complexity index is 1180. The van der Waals surface area contributed by atoms with Crippen LogP contribution in [0.5, 0.6) is 17.2 Å². The summed E-state index contributed by atoms with van der Waals surface area (Å²) >= 11 is 0. The maximum atomic E-state index is 12.9. The van der Waals surface area contributed by atoms with Gasteiger partial charge in [-0.05, 0) is 37.3 Å². The maximum Gasteiger partial charge on any atom is 0.257 e. The fourth-order valence-corrected chi connectivity index (χ4v) is 3.08. The smallest absolute Gasteiger partial charge is 0.257 e. The third kappa shape index (κ3) is 6.51. The van der Waals surface area contributed by atoms with Crippen molar-refractivity contribution in [1.82, 2.24) is 9.78 Å². The number of carbonyl (C=O) groups is 1. The van der Waals surface area contributed by atoms with E-state index in [2.05, 4.69) is 22.3 Å². The SMILES string of the molecule is COC[C@H](C)Oc1cc(C#Cc2ccc(OC)cc2OC)cc(C(=O)Nc2ccn(C)n2)c1. The van der Waals surface area contributed by atoms with Crippen LogP contribution in [0.15, 0.2) is 48.7 Å². The number of hydrogen-bond acceptors (Lipinski definition) is 6. The number of amides is 1. The predicted octanol–water partition coefficient (Wildman–Crippen LogP) is 3.50. The number of nitrogens with zero attached hydrogens (tertiary/aromatic N) is 2. The van der Waals surface area contributed by atoms with Gasteiger partial charge in [0.15, 0.2) is 5.82 Å². The molecule has 1 amide bonds. The Labute approximate surface area is 193 Å². The van der Waals surface area contributed by atoms with Crippen LogP contribution >= 0.6 is 0 Å². The molecule has 33 heavy (non-hydrogen) atoms. The standard InChI is InChI=1S/C25H27N3O5/c1-17(16-30-3)33-22-13-18(6-7-19-8-9-21(31-4)15-23(19)32-5)12-20(14-22)25(29)26-24-10-11-28(2)27-24/h8-15,17H,16H2,1-5H3,(H,26,27,29)/t17-/m0/s1. The second-order valence-electron chi connectivity index (χ2n) is 7.27. The molecular formula is C25H27N3O5. The van der Waals surface area contributed by atoms with Crippen LogP contribution in [0, 0.1) is 11.8 Å². The Balaban J connectivity index is 1.94. The number of benzene rings is 2. The predicted molar refractivity (Wildman–Crippen MR) is 125 cm³/mol. The molecule has 0 aliphatic rings. The molecule has 1 heterocycles. The molecule has 0 fully saturated rings. The molecule has 0 aliphatic carbocycles. The van der Waals surface area contributed by atoms with E-state index in [4.69, 9.17) is 18.9 Å². The Morgan fingerprint density at radius 3 is 2.55 bits per heavy atom. The quantitative estimate of drug-likeness (QED) is 0.530. The van der Waals surface area contributed by atoms with Gasteiger partial charge in [0.1, 0.15) is 23.4 Å². The van der Waals surface area contributed by atoms with Gasteiger partial charge in [0.2, 0.25) is 0 Å². The van der Waals surface area contributed by atoms with E-state index in [1.807, 2.05) is 19.1 Å². The van der Waals surface area contributed by atoms with E-state index >= 15 is 0 Å². The van der Waals surface area contributed by atoms with Gasteiger partial charge in [-0.15, -0.1) is 0 Å². The first kappa shape index (κ1) is 23.7. The Kier molecular flexibility index (Phi) is 7.95. The highest BCUT2D eigenvalue weighted by molar-refractivity contribution is 6.04. The number of methoxy groups -OCH3 is 3. The van der Waals surface area contributed by atoms with Crippen molar-refractivity contribution < 1.29 is 23.7 Å². The molecule has 0 unspecified atom stereocenters. The van der Waals surface area contributed by atoms with Crippen LogP contribution in [-0.2, 0) is 11.8 Å². The van der Waals surface area contributed by atoms with Crippen molar-refractivity contribution in [3.05, 3.63) is 65.4 Å². The highest BCUT2D eigenvalue weighted by Crippen LogP contribution is 2.24. The summed E-state index contributed by atoms with van der Waals surface area (Å²) in [5.74, 6) is 8.12. The van der Waals surface area contributed by atoms with E-state index in [1.165, 1.54) is 0 Å². The van der Waals surface area contributed by atoms with Crippen LogP contribution in [0.25, 0.3) is 0 Å². The fraction of sp³-hybridized carbons (Fsp3) is 0.280. The Hall–Kier alpha value is -3.96. The van der Waals surface area contributed by atoms with Crippen molar-refractivity contribution in [1.29, 1.82) is 0 Å². The summed E-state index contributed by atoms with van der Waals surface area (Å²) in [6.07, 6.45) is 1.55. The summed E-state index contributed by atoms with van der Waals surface area (Å²) < 4.78 is 23.3. The molecular weight excluding hydrogens is 422 g/mol. The second-order valence-corrected chi connectivity index (χ2v) is 7.27. The van der Waals surface area contributed by atoms with Crippen LogP contribution in [0.1, 0.15) is 28.4 Å². The first-order valence-electron chi connectivity index (χ1n) is 10.3. The first-order valence-corrected chi connectivity index (χ1v) is 10.3. The number of aryl methyl sites for hydroxylation is 1. The van der Waals surface area contributed by atoms with Crippen molar-refractivity contribution in [2.24, 2.45) is 7.05 Å². The van der Waals surface area contributed by atoms with Crippen molar-refractivity contribution >= 4 is 11.7 Å². The first-order chi connectivity index (χ1) is 15.9. The molecule has 0 bridgehead atoms. The molecule has 1 aromatic heterocycles.